The van der Waals surface area contributed by atoms with Gasteiger partial charge in [-0.05, 0) is 30.3 Å². The summed E-state index contributed by atoms with van der Waals surface area (Å²) in [7, 11) is -2.20. The van der Waals surface area contributed by atoms with Gasteiger partial charge in [0.2, 0.25) is 16.0 Å². The van der Waals surface area contributed by atoms with Crippen molar-refractivity contribution in [2.75, 3.05) is 59.9 Å². The van der Waals surface area contributed by atoms with E-state index >= 15 is 0 Å². The predicted molar refractivity (Wildman–Crippen MR) is 129 cm³/mol. The van der Waals surface area contributed by atoms with Crippen molar-refractivity contribution in [2.45, 2.75) is 0 Å². The summed E-state index contributed by atoms with van der Waals surface area (Å²) < 4.78 is 65.5. The summed E-state index contributed by atoms with van der Waals surface area (Å²) >= 11 is 0. The minimum Gasteiger partial charge on any atom is -0.497 e. The van der Waals surface area contributed by atoms with Crippen LogP contribution < -0.4 is 25.0 Å². The second kappa shape index (κ2) is 10.3. The lowest BCUT2D eigenvalue weighted by atomic mass is 10.2. The Labute approximate surface area is 201 Å². The average molecular weight is 507 g/mol. The maximum absolute atomic E-state index is 14.8. The van der Waals surface area contributed by atoms with Crippen molar-refractivity contribution in [3.05, 3.63) is 54.2 Å². The first kappa shape index (κ1) is 24.4. The molecule has 0 spiro atoms. The molecule has 0 amide bonds. The molecular weight excluding hydrogens is 482 g/mol. The third-order valence-electron chi connectivity index (χ3n) is 5.09. The van der Waals surface area contributed by atoms with Crippen LogP contribution in [-0.2, 0) is 14.8 Å². The second-order valence-electron chi connectivity index (χ2n) is 7.69. The Bertz CT molecular complexity index is 1320. The maximum Gasteiger partial charge on any atom is 0.229 e. The number of hydrogen-bond donors (Lipinski definition) is 3. The monoisotopic (exact) mass is 506 g/mol. The lowest BCUT2D eigenvalue weighted by Gasteiger charge is -2.29. The fraction of sp³-hybridized carbons (Fsp3) is 0.273. The van der Waals surface area contributed by atoms with Crippen molar-refractivity contribution in [1.82, 2.24) is 9.97 Å². The number of halogens is 2. The van der Waals surface area contributed by atoms with Crippen molar-refractivity contribution in [1.29, 1.82) is 0 Å². The number of anilines is 6. The molecule has 3 N–H and O–H groups in total. The van der Waals surface area contributed by atoms with E-state index in [9.17, 15) is 17.2 Å². The highest BCUT2D eigenvalue weighted by atomic mass is 32.2. The highest BCUT2D eigenvalue weighted by molar-refractivity contribution is 7.92. The molecule has 0 aliphatic carbocycles. The minimum atomic E-state index is -3.63. The largest absolute Gasteiger partial charge is 0.497 e. The van der Waals surface area contributed by atoms with Crippen LogP contribution in [0.5, 0.6) is 5.75 Å². The summed E-state index contributed by atoms with van der Waals surface area (Å²) in [6.45, 7) is 2.50. The van der Waals surface area contributed by atoms with Crippen LogP contribution in [0, 0.1) is 11.6 Å². The molecule has 1 aliphatic heterocycles. The Morgan fingerprint density at radius 2 is 1.74 bits per heavy atom. The highest BCUT2D eigenvalue weighted by Crippen LogP contribution is 2.31. The molecule has 0 saturated carbocycles. The first-order valence-electron chi connectivity index (χ1n) is 10.6. The molecule has 1 fully saturated rings. The van der Waals surface area contributed by atoms with Crippen LogP contribution in [0.25, 0.3) is 0 Å². The second-order valence-corrected chi connectivity index (χ2v) is 9.44. The fourth-order valence-electron chi connectivity index (χ4n) is 3.43. The van der Waals surface area contributed by atoms with Crippen LogP contribution in [0.3, 0.4) is 0 Å². The van der Waals surface area contributed by atoms with Gasteiger partial charge in [-0.2, -0.15) is 4.98 Å². The summed E-state index contributed by atoms with van der Waals surface area (Å²) in [6.07, 6.45) is 1.91. The van der Waals surface area contributed by atoms with Gasteiger partial charge in [0.1, 0.15) is 11.6 Å². The number of ether oxygens (including phenoxy) is 2. The molecule has 35 heavy (non-hydrogen) atoms. The molecule has 0 bridgehead atoms. The third kappa shape index (κ3) is 6.25. The van der Waals surface area contributed by atoms with Crippen LogP contribution in [0.15, 0.2) is 42.6 Å². The van der Waals surface area contributed by atoms with E-state index in [0.29, 0.717) is 32.1 Å². The van der Waals surface area contributed by atoms with Crippen molar-refractivity contribution in [3.63, 3.8) is 0 Å². The van der Waals surface area contributed by atoms with Gasteiger partial charge >= 0.3 is 0 Å². The van der Waals surface area contributed by atoms with Gasteiger partial charge in [-0.25, -0.2) is 22.2 Å². The Morgan fingerprint density at radius 1 is 1.00 bits per heavy atom. The summed E-state index contributed by atoms with van der Waals surface area (Å²) in [4.78, 5) is 9.98. The van der Waals surface area contributed by atoms with Gasteiger partial charge in [-0.15, -0.1) is 0 Å². The lowest BCUT2D eigenvalue weighted by Crippen LogP contribution is -2.36. The fourth-order valence-corrected chi connectivity index (χ4v) is 4.00. The van der Waals surface area contributed by atoms with Crippen LogP contribution in [0.4, 0.5) is 43.3 Å². The number of nitrogens with one attached hydrogen (secondary N) is 3. The number of rotatable bonds is 8. The molecule has 1 aromatic heterocycles. The van der Waals surface area contributed by atoms with Crippen molar-refractivity contribution < 1.29 is 26.7 Å². The van der Waals surface area contributed by atoms with Crippen LogP contribution in [-0.4, -0.2) is 58.1 Å². The lowest BCUT2D eigenvalue weighted by molar-refractivity contribution is 0.122. The maximum atomic E-state index is 14.8. The van der Waals surface area contributed by atoms with Gasteiger partial charge in [0.25, 0.3) is 0 Å². The number of hydrogen-bond acceptors (Lipinski definition) is 9. The first-order chi connectivity index (χ1) is 16.7. The van der Waals surface area contributed by atoms with Gasteiger partial charge in [-0.3, -0.25) is 4.72 Å². The molecule has 0 atom stereocenters. The van der Waals surface area contributed by atoms with E-state index in [-0.39, 0.29) is 28.8 Å². The molecule has 2 aromatic carbocycles. The molecule has 0 unspecified atom stereocenters. The van der Waals surface area contributed by atoms with Crippen LogP contribution in [0.2, 0.25) is 0 Å². The van der Waals surface area contributed by atoms with E-state index in [2.05, 4.69) is 25.3 Å². The van der Waals surface area contributed by atoms with Gasteiger partial charge < -0.3 is 25.0 Å². The van der Waals surface area contributed by atoms with Crippen LogP contribution in [0.1, 0.15) is 0 Å². The number of sulfonamides is 1. The average Bonchev–Trinajstić information content (AvgIpc) is 2.83. The Kier molecular flexibility index (Phi) is 7.17. The van der Waals surface area contributed by atoms with Gasteiger partial charge in [0.15, 0.2) is 11.6 Å². The van der Waals surface area contributed by atoms with Crippen molar-refractivity contribution >= 4 is 44.5 Å². The highest BCUT2D eigenvalue weighted by Gasteiger charge is 2.16. The molecule has 1 aliphatic rings. The van der Waals surface area contributed by atoms with Gasteiger partial charge in [-0.1, -0.05) is 0 Å². The predicted octanol–water partition coefficient (Wildman–Crippen LogP) is 3.46. The van der Waals surface area contributed by atoms with E-state index < -0.39 is 21.7 Å². The molecular formula is C22H24F2N6O4S. The zero-order chi connectivity index (χ0) is 25.0. The Balaban J connectivity index is 1.56. The number of methoxy groups -OCH3 is 1. The molecule has 1 saturated heterocycles. The molecule has 186 valence electrons. The standard InChI is InChI=1S/C22H24F2N6O4S/c1-33-15-4-6-19(20(12-15)29-35(2,31)32)26-21-17(24)13-25-22(28-21)27-18-5-3-14(11-16(18)23)30-7-9-34-10-8-30/h3-6,11-13,29H,7-10H2,1-2H3,(H2,25,26,27,28). The van der Waals surface area contributed by atoms with E-state index in [4.69, 9.17) is 9.47 Å². The Morgan fingerprint density at radius 3 is 2.43 bits per heavy atom. The minimum absolute atomic E-state index is 0.0574. The quantitative estimate of drug-likeness (QED) is 0.422. The first-order valence-corrected chi connectivity index (χ1v) is 12.5. The number of aromatic nitrogens is 2. The summed E-state index contributed by atoms with van der Waals surface area (Å²) in [5.41, 5.74) is 1.19. The van der Waals surface area contributed by atoms with Gasteiger partial charge in [0, 0.05) is 24.8 Å². The number of benzene rings is 2. The topological polar surface area (TPSA) is 118 Å². The Hall–Kier alpha value is -3.71. The SMILES string of the molecule is COc1ccc(Nc2nc(Nc3ccc(N4CCOCC4)cc3F)ncc2F)c(NS(C)(=O)=O)c1. The molecule has 13 heteroatoms. The normalized spacial score (nSPS) is 13.9. The zero-order valence-corrected chi connectivity index (χ0v) is 19.8. The summed E-state index contributed by atoms with van der Waals surface area (Å²) in [5.74, 6) is -1.22. The van der Waals surface area contributed by atoms with E-state index in [1.165, 1.54) is 25.3 Å². The molecule has 3 aromatic rings. The number of nitrogens with zero attached hydrogens (tertiary/aromatic N) is 3. The molecule has 2 heterocycles. The van der Waals surface area contributed by atoms with E-state index in [1.54, 1.807) is 18.2 Å². The smallest absolute Gasteiger partial charge is 0.229 e. The zero-order valence-electron chi connectivity index (χ0n) is 19.0. The number of morpholine rings is 1. The van der Waals surface area contributed by atoms with E-state index in [1.807, 2.05) is 4.90 Å². The summed E-state index contributed by atoms with van der Waals surface area (Å²) in [5, 5.41) is 5.49. The van der Waals surface area contributed by atoms with Crippen LogP contribution >= 0.6 is 0 Å². The summed E-state index contributed by atoms with van der Waals surface area (Å²) in [6, 6.07) is 9.23. The molecule has 0 radical (unpaired) electrons. The molecule has 10 nitrogen and oxygen atoms in total. The molecule has 4 rings (SSSR count). The van der Waals surface area contributed by atoms with Crippen molar-refractivity contribution in [2.24, 2.45) is 0 Å². The van der Waals surface area contributed by atoms with Crippen molar-refractivity contribution in [3.8, 4) is 5.75 Å². The van der Waals surface area contributed by atoms with E-state index in [0.717, 1.165) is 18.1 Å². The third-order valence-corrected chi connectivity index (χ3v) is 5.69. The van der Waals surface area contributed by atoms with Gasteiger partial charge in [0.05, 0.1) is 49.8 Å².